The molecule has 0 bridgehead atoms. The number of nitriles is 5. The molecule has 4 N–H and O–H groups in total. The van der Waals surface area contributed by atoms with Crippen LogP contribution >= 0.6 is 0 Å². The van der Waals surface area contributed by atoms with Crippen LogP contribution < -0.4 is 11.5 Å². The Morgan fingerprint density at radius 2 is 1.38 bits per heavy atom. The molecule has 9 nitrogen and oxygen atoms in total. The Kier molecular flexibility index (Phi) is 18.0. The van der Waals surface area contributed by atoms with Gasteiger partial charge < -0.3 is 11.5 Å². The van der Waals surface area contributed by atoms with Crippen molar-refractivity contribution in [3.05, 3.63) is 12.7 Å². The van der Waals surface area contributed by atoms with Crippen molar-refractivity contribution in [1.82, 2.24) is 0 Å². The van der Waals surface area contributed by atoms with Crippen LogP contribution in [0.5, 0.6) is 0 Å². The van der Waals surface area contributed by atoms with Crippen molar-refractivity contribution in [2.45, 2.75) is 32.1 Å². The van der Waals surface area contributed by atoms with Crippen LogP contribution in [0.1, 0.15) is 32.1 Å². The molecule has 0 atom stereocenters. The standard InChI is InChI=1S/C9H10N4O.C3H4N2O.C3H3N/c10-5-1-3-9(7-12,8(13)14)4-2-6-11;4-2-1-3(5)6;1-2-3-4/h1-4H2,(H2,13,14);1H2,(H2,5,6);2H,1H2. The number of allylic oxidation sites excluding steroid dienone is 1. The molecule has 0 aliphatic carbocycles. The van der Waals surface area contributed by atoms with E-state index >= 15 is 0 Å². The molecule has 0 spiro atoms. The number of carbonyl (C=O) groups is 2. The molecule has 124 valence electrons. The second-order valence-corrected chi connectivity index (χ2v) is 4.01. The topological polar surface area (TPSA) is 205 Å². The summed E-state index contributed by atoms with van der Waals surface area (Å²) in [4.78, 5) is 20.6. The van der Waals surface area contributed by atoms with Crippen molar-refractivity contribution in [2.24, 2.45) is 16.9 Å². The van der Waals surface area contributed by atoms with Crippen LogP contribution in [-0.2, 0) is 9.59 Å². The van der Waals surface area contributed by atoms with Gasteiger partial charge in [-0.1, -0.05) is 6.58 Å². The summed E-state index contributed by atoms with van der Waals surface area (Å²) in [6.07, 6.45) is 1.36. The highest BCUT2D eigenvalue weighted by atomic mass is 16.1. The summed E-state index contributed by atoms with van der Waals surface area (Å²) in [5, 5.41) is 40.7. The lowest BCUT2D eigenvalue weighted by atomic mass is 9.80. The van der Waals surface area contributed by atoms with Crippen LogP contribution in [0.25, 0.3) is 0 Å². The van der Waals surface area contributed by atoms with Crippen molar-refractivity contribution in [2.75, 3.05) is 0 Å². The third-order valence-corrected chi connectivity index (χ3v) is 2.36. The lowest BCUT2D eigenvalue weighted by Gasteiger charge is -2.19. The Morgan fingerprint density at radius 3 is 1.50 bits per heavy atom. The average Bonchev–Trinajstić information content (AvgIpc) is 2.56. The fourth-order valence-electron chi connectivity index (χ4n) is 1.15. The molecule has 0 saturated heterocycles. The molecule has 0 aliphatic heterocycles. The number of carbonyl (C=O) groups excluding carboxylic acids is 2. The zero-order valence-electron chi connectivity index (χ0n) is 13.0. The molecule has 0 aromatic heterocycles. The maximum atomic E-state index is 11.0. The maximum absolute atomic E-state index is 11.0. The maximum Gasteiger partial charge on any atom is 0.237 e. The van der Waals surface area contributed by atoms with E-state index in [0.717, 1.165) is 0 Å². The molecule has 24 heavy (non-hydrogen) atoms. The Morgan fingerprint density at radius 1 is 0.958 bits per heavy atom. The molecular weight excluding hydrogens is 310 g/mol. The summed E-state index contributed by atoms with van der Waals surface area (Å²) < 4.78 is 0. The largest absolute Gasteiger partial charge is 0.369 e. The number of primary amides is 2. The van der Waals surface area contributed by atoms with E-state index in [9.17, 15) is 9.59 Å². The first-order valence-corrected chi connectivity index (χ1v) is 6.42. The number of hydrogen-bond acceptors (Lipinski definition) is 7. The minimum atomic E-state index is -1.36. The smallest absolute Gasteiger partial charge is 0.237 e. The number of nitrogens with two attached hydrogens (primary N) is 2. The van der Waals surface area contributed by atoms with Crippen LogP contribution in [0.3, 0.4) is 0 Å². The molecule has 0 fully saturated rings. The second kappa shape index (κ2) is 17.2. The lowest BCUT2D eigenvalue weighted by Crippen LogP contribution is -2.35. The van der Waals surface area contributed by atoms with Crippen LogP contribution in [0.15, 0.2) is 12.7 Å². The minimum Gasteiger partial charge on any atom is -0.369 e. The van der Waals surface area contributed by atoms with Crippen LogP contribution in [0.4, 0.5) is 0 Å². The molecular formula is C15H17N7O2. The van der Waals surface area contributed by atoms with Crippen molar-refractivity contribution < 1.29 is 9.59 Å². The lowest BCUT2D eigenvalue weighted by molar-refractivity contribution is -0.125. The van der Waals surface area contributed by atoms with Crippen molar-refractivity contribution in [3.8, 4) is 30.3 Å². The molecule has 0 radical (unpaired) electrons. The summed E-state index contributed by atoms with van der Waals surface area (Å²) >= 11 is 0. The van der Waals surface area contributed by atoms with Gasteiger partial charge in [0.05, 0.1) is 30.3 Å². The third-order valence-electron chi connectivity index (χ3n) is 2.36. The van der Waals surface area contributed by atoms with E-state index in [1.54, 1.807) is 12.1 Å². The number of amides is 2. The van der Waals surface area contributed by atoms with Gasteiger partial charge in [-0.05, 0) is 12.8 Å². The normalized spacial score (nSPS) is 7.79. The molecule has 2 amide bonds. The van der Waals surface area contributed by atoms with E-state index in [4.69, 9.17) is 32.0 Å². The SMILES string of the molecule is C=CC#N.N#CCC(N)=O.N#CCCC(C#N)(CCC#N)C(N)=O. The fourth-order valence-corrected chi connectivity index (χ4v) is 1.15. The monoisotopic (exact) mass is 327 g/mol. The molecule has 0 rings (SSSR count). The van der Waals surface area contributed by atoms with Gasteiger partial charge in [-0.25, -0.2) is 0 Å². The van der Waals surface area contributed by atoms with E-state index in [0.29, 0.717) is 0 Å². The summed E-state index contributed by atoms with van der Waals surface area (Å²) in [5.74, 6) is -1.33. The highest BCUT2D eigenvalue weighted by Crippen LogP contribution is 2.28. The van der Waals surface area contributed by atoms with Gasteiger partial charge in [0.15, 0.2) is 0 Å². The highest BCUT2D eigenvalue weighted by molar-refractivity contribution is 5.83. The summed E-state index contributed by atoms with van der Waals surface area (Å²) in [6.45, 7) is 3.12. The molecule has 0 heterocycles. The average molecular weight is 327 g/mol. The minimum absolute atomic E-state index is 0.0852. The Bertz CT molecular complexity index is 603. The number of rotatable bonds is 6. The van der Waals surface area contributed by atoms with Gasteiger partial charge in [-0.2, -0.15) is 26.3 Å². The molecule has 9 heteroatoms. The van der Waals surface area contributed by atoms with E-state index < -0.39 is 17.2 Å². The van der Waals surface area contributed by atoms with Gasteiger partial charge in [0, 0.05) is 18.9 Å². The van der Waals surface area contributed by atoms with Crippen molar-refractivity contribution in [3.63, 3.8) is 0 Å². The summed E-state index contributed by atoms with van der Waals surface area (Å²) in [5.41, 5.74) is 8.27. The van der Waals surface area contributed by atoms with E-state index in [1.807, 2.05) is 18.2 Å². The molecule has 0 saturated carbocycles. The molecule has 0 aliphatic rings. The zero-order valence-corrected chi connectivity index (χ0v) is 13.0. The first kappa shape index (κ1) is 25.1. The first-order valence-electron chi connectivity index (χ1n) is 6.42. The van der Waals surface area contributed by atoms with E-state index in [-0.39, 0.29) is 32.1 Å². The van der Waals surface area contributed by atoms with Gasteiger partial charge in [0.25, 0.3) is 0 Å². The van der Waals surface area contributed by atoms with Gasteiger partial charge in [-0.15, -0.1) is 0 Å². The van der Waals surface area contributed by atoms with Crippen molar-refractivity contribution in [1.29, 1.82) is 26.3 Å². The van der Waals surface area contributed by atoms with Crippen molar-refractivity contribution >= 4 is 11.8 Å². The van der Waals surface area contributed by atoms with Gasteiger partial charge in [0.1, 0.15) is 11.8 Å². The van der Waals surface area contributed by atoms with E-state index in [2.05, 4.69) is 12.3 Å². The Balaban J connectivity index is -0.000000363. The second-order valence-electron chi connectivity index (χ2n) is 4.01. The number of nitrogens with zero attached hydrogens (tertiary/aromatic N) is 5. The van der Waals surface area contributed by atoms with E-state index in [1.165, 1.54) is 6.08 Å². The Hall–Kier alpha value is -3.87. The molecule has 0 unspecified atom stereocenters. The molecule has 0 aromatic carbocycles. The first-order chi connectivity index (χ1) is 11.3. The van der Waals surface area contributed by atoms with Crippen LogP contribution in [-0.4, -0.2) is 11.8 Å². The summed E-state index contributed by atoms with van der Waals surface area (Å²) in [7, 11) is 0. The highest BCUT2D eigenvalue weighted by Gasteiger charge is 2.35. The van der Waals surface area contributed by atoms with Gasteiger partial charge >= 0.3 is 0 Å². The molecule has 0 aromatic rings. The zero-order chi connectivity index (χ0) is 19.4. The fraction of sp³-hybridized carbons (Fsp3) is 0.400. The predicted molar refractivity (Wildman–Crippen MR) is 82.2 cm³/mol. The van der Waals surface area contributed by atoms with Crippen LogP contribution in [0.2, 0.25) is 0 Å². The van der Waals surface area contributed by atoms with Gasteiger partial charge in [0.2, 0.25) is 11.8 Å². The van der Waals surface area contributed by atoms with Gasteiger partial charge in [-0.3, -0.25) is 9.59 Å². The third kappa shape index (κ3) is 14.5. The summed E-state index contributed by atoms with van der Waals surface area (Å²) in [6, 6.07) is 8.79. The Labute approximate surface area is 140 Å². The van der Waals surface area contributed by atoms with Crippen LogP contribution in [0, 0.1) is 62.1 Å². The number of hydrogen-bond donors (Lipinski definition) is 2. The predicted octanol–water partition coefficient (Wildman–Crippen LogP) is 0.671. The quantitative estimate of drug-likeness (QED) is 0.665.